The Bertz CT molecular complexity index is 4600. The third kappa shape index (κ3) is 39.2. The van der Waals surface area contributed by atoms with Crippen molar-refractivity contribution in [2.45, 2.75) is 72.0 Å². The average Bonchev–Trinajstić information content (AvgIpc) is 1.73. The van der Waals surface area contributed by atoms with Gasteiger partial charge in [-0.15, -0.1) is 12.4 Å². The van der Waals surface area contributed by atoms with Gasteiger partial charge in [0.25, 0.3) is 37.0 Å². The topological polar surface area (TPSA) is 493 Å². The van der Waals surface area contributed by atoms with E-state index in [-0.39, 0.29) is 69.4 Å². The van der Waals surface area contributed by atoms with Gasteiger partial charge >= 0.3 is 12.2 Å². The molecule has 0 atom stereocenters. The van der Waals surface area contributed by atoms with E-state index in [0.717, 1.165) is 18.8 Å². The van der Waals surface area contributed by atoms with Crippen molar-refractivity contribution in [1.29, 1.82) is 0 Å². The number of hydrogen-bond donors (Lipinski definition) is 9. The summed E-state index contributed by atoms with van der Waals surface area (Å²) in [5.74, 6) is -0.837. The summed E-state index contributed by atoms with van der Waals surface area (Å²) in [4.78, 5) is 84.9. The molecule has 684 valence electrons. The minimum absolute atomic E-state index is 0. The Balaban J connectivity index is 0.000000305. The summed E-state index contributed by atoms with van der Waals surface area (Å²) in [5, 5.41) is 29.7. The molecule has 11 N–H and O–H groups in total. The first-order valence-electron chi connectivity index (χ1n) is 38.2. The predicted molar refractivity (Wildman–Crippen MR) is 441 cm³/mol. The van der Waals surface area contributed by atoms with Crippen molar-refractivity contribution < 1.29 is 116 Å². The highest BCUT2D eigenvalue weighted by atomic mass is 35.5. The Morgan fingerprint density at radius 1 is 0.419 bits per heavy atom. The van der Waals surface area contributed by atoms with Crippen LogP contribution in [0.25, 0.3) is 34.4 Å². The van der Waals surface area contributed by atoms with Crippen LogP contribution < -0.4 is 48.7 Å². The quantitative estimate of drug-likeness (QED) is 0.00972. The number of carbonyl (C=O) groups is 5. The van der Waals surface area contributed by atoms with Crippen LogP contribution in [0.15, 0.2) is 106 Å². The fourth-order valence-electron chi connectivity index (χ4n) is 9.69. The van der Waals surface area contributed by atoms with Gasteiger partial charge in [-0.25, -0.2) is 65.8 Å². The van der Waals surface area contributed by atoms with Gasteiger partial charge in [-0.05, 0) is 77.9 Å². The highest BCUT2D eigenvalue weighted by Gasteiger charge is 2.27. The molecule has 124 heavy (non-hydrogen) atoms. The van der Waals surface area contributed by atoms with Gasteiger partial charge in [0.2, 0.25) is 17.7 Å². The molecule has 48 heteroatoms. The van der Waals surface area contributed by atoms with E-state index < -0.39 is 77.5 Å². The lowest BCUT2D eigenvalue weighted by atomic mass is 10.2. The first-order chi connectivity index (χ1) is 58.9. The van der Waals surface area contributed by atoms with Gasteiger partial charge in [-0.3, -0.25) is 28.4 Å². The Morgan fingerprint density at radius 3 is 0.984 bits per heavy atom. The molecule has 0 aliphatic rings. The molecule has 0 bridgehead atoms. The zero-order chi connectivity index (χ0) is 89.5. The fourth-order valence-corrected chi connectivity index (χ4v) is 9.89. The van der Waals surface area contributed by atoms with Crippen molar-refractivity contribution in [3.63, 3.8) is 0 Å². The number of alkyl carbamates (subject to hydrolysis) is 2. The monoisotopic (exact) mass is 1800 g/mol. The molecule has 9 rings (SSSR count). The zero-order valence-electron chi connectivity index (χ0n) is 69.7. The molecule has 9 aromatic heterocycles. The molecule has 0 unspecified atom stereocenters. The highest BCUT2D eigenvalue weighted by Crippen LogP contribution is 2.32. The number of aromatic nitrogens is 12. The van der Waals surface area contributed by atoms with Gasteiger partial charge in [0.1, 0.15) is 46.8 Å². The van der Waals surface area contributed by atoms with Gasteiger partial charge in [0.15, 0.2) is 34.2 Å². The Kier molecular flexibility index (Phi) is 46.7. The fraction of sp³-hybridized carbons (Fsp3) is 0.500. The molecular formula is C76H105Cl2F6N21O19. The second-order valence-corrected chi connectivity index (χ2v) is 27.5. The standard InChI is InChI=1S/C27H37F2N7O7.C22H29F2N7O5.C14H10ClF2N5O2.C13H28N2O5.ClH/c1-27(2,3)43-26(38)32-9-11-40-13-15-41-14-12-39-10-8-31-23-18(6-5-7-30-23)25-34-20(17-42-25)24(37)33-19-16-36(4)35-21(19)22(28)29;1-31-13-16(18(30-31)19(23)24)28-21(32)17-14-36-22(29-17)15-3-2-5-26-20(15)27-6-8-34-10-12-35-11-9-33-7-4-25;1-22-5-8(10(21-22)12(16)17)19-13(23)9-6-24-14(20-9)7-3-2-4-18-11(7)15;1-13(2,3)20-12(16)15-5-7-18-9-11-19-10-8-17-6-4-14;/h5-7,16-17,22H,8-15H2,1-4H3,(H,30,31)(H,32,38)(H,33,37);2-3,5,13-14,19H,4,6-12,25H2,1H3,(H,26,27)(H,28,32);2-6,12H,1H3,(H,19,23);4-11,14H2,1-3H3,(H,15,16);1H. The number of alkyl halides is 6. The minimum atomic E-state index is -2.85. The number of nitrogens with zero attached hydrogens (tertiary/aromatic N) is 12. The summed E-state index contributed by atoms with van der Waals surface area (Å²) >= 11 is 5.93. The van der Waals surface area contributed by atoms with Crippen molar-refractivity contribution in [1.82, 2.24) is 69.9 Å². The number of hydrogen-bond acceptors (Lipinski definition) is 32. The van der Waals surface area contributed by atoms with Crippen LogP contribution in [0.1, 0.15) is 109 Å². The van der Waals surface area contributed by atoms with E-state index >= 15 is 0 Å². The largest absolute Gasteiger partial charge is 0.444 e. The van der Waals surface area contributed by atoms with Crippen LogP contribution >= 0.6 is 24.0 Å². The molecule has 9 heterocycles. The van der Waals surface area contributed by atoms with Crippen LogP contribution in [0, 0.1) is 0 Å². The maximum Gasteiger partial charge on any atom is 0.407 e. The number of rotatable bonds is 48. The minimum Gasteiger partial charge on any atom is -0.444 e. The molecule has 0 fully saturated rings. The summed E-state index contributed by atoms with van der Waals surface area (Å²) in [6.45, 7) is 21.5. The number of nitrogens with two attached hydrogens (primary N) is 2. The van der Waals surface area contributed by atoms with E-state index in [1.54, 1.807) is 69.6 Å². The average molecular weight is 1800 g/mol. The van der Waals surface area contributed by atoms with Crippen molar-refractivity contribution in [3.05, 3.63) is 132 Å². The van der Waals surface area contributed by atoms with Crippen molar-refractivity contribution >= 4 is 82.6 Å². The second-order valence-electron chi connectivity index (χ2n) is 27.1. The number of pyridine rings is 3. The number of ether oxygens (including phenoxy) is 11. The van der Waals surface area contributed by atoms with Crippen LogP contribution in [-0.4, -0.2) is 259 Å². The lowest BCUT2D eigenvalue weighted by Crippen LogP contribution is -2.34. The first kappa shape index (κ1) is 104. The van der Waals surface area contributed by atoms with Crippen molar-refractivity contribution in [2.75, 3.05) is 185 Å². The van der Waals surface area contributed by atoms with Gasteiger partial charge in [-0.1, -0.05) is 11.6 Å². The van der Waals surface area contributed by atoms with Crippen molar-refractivity contribution in [2.24, 2.45) is 32.6 Å². The van der Waals surface area contributed by atoms with Gasteiger partial charge in [0.05, 0.1) is 153 Å². The molecule has 5 amide bonds. The zero-order valence-corrected chi connectivity index (χ0v) is 71.3. The third-order valence-corrected chi connectivity index (χ3v) is 15.2. The number of halogens is 8. The second kappa shape index (κ2) is 56.0. The lowest BCUT2D eigenvalue weighted by Gasteiger charge is -2.19. The summed E-state index contributed by atoms with van der Waals surface area (Å²) in [6, 6.07) is 10.1. The number of amides is 5. The van der Waals surface area contributed by atoms with Crippen LogP contribution in [0.5, 0.6) is 0 Å². The van der Waals surface area contributed by atoms with Gasteiger partial charge < -0.3 is 114 Å². The van der Waals surface area contributed by atoms with E-state index in [0.29, 0.717) is 187 Å². The summed E-state index contributed by atoms with van der Waals surface area (Å²) in [5.41, 5.74) is 8.83. The van der Waals surface area contributed by atoms with Crippen LogP contribution in [0.4, 0.5) is 64.6 Å². The number of oxazole rings is 3. The smallest absolute Gasteiger partial charge is 0.407 e. The molecule has 0 saturated heterocycles. The number of anilines is 5. The third-order valence-electron chi connectivity index (χ3n) is 14.9. The molecule has 0 spiro atoms. The Morgan fingerprint density at radius 2 is 0.694 bits per heavy atom. The maximum absolute atomic E-state index is 13.2. The van der Waals surface area contributed by atoms with E-state index in [4.69, 9.17) is 88.4 Å². The highest BCUT2D eigenvalue weighted by molar-refractivity contribution is 6.31. The molecule has 0 radical (unpaired) electrons. The number of aryl methyl sites for hydroxylation is 3. The summed E-state index contributed by atoms with van der Waals surface area (Å²) < 4.78 is 156. The summed E-state index contributed by atoms with van der Waals surface area (Å²) in [6.07, 6.45) is 2.48. The molecular weight excluding hydrogens is 1700 g/mol. The molecule has 0 aromatic carbocycles. The number of carbonyl (C=O) groups excluding carboxylic acids is 5. The maximum atomic E-state index is 13.2. The van der Waals surface area contributed by atoms with Gasteiger partial charge in [0, 0.05) is 97.6 Å². The van der Waals surface area contributed by atoms with Crippen molar-refractivity contribution in [3.8, 4) is 34.4 Å². The SMILES string of the molecule is CC(C)(C)OC(=O)NCCOCCOCCOCCN.Cl.Cn1cc(NC(=O)c2coc(-c3cccnc3Cl)n2)c(C(F)F)n1.Cn1cc(NC(=O)c2coc(-c3cccnc3NCCOCCOCCOCCN)n2)c(C(F)F)n1.Cn1cc(NC(=O)c2coc(-c3cccnc3NCCOCCOCCOCCNC(=O)OC(C)(C)C)n2)c(C(F)F)n1. The van der Waals surface area contributed by atoms with Crippen LogP contribution in [0.2, 0.25) is 5.15 Å². The van der Waals surface area contributed by atoms with E-state index in [9.17, 15) is 50.3 Å². The molecule has 9 aromatic rings. The Hall–Kier alpha value is -11.0. The van der Waals surface area contributed by atoms with Crippen LogP contribution in [0.3, 0.4) is 0 Å². The Labute approximate surface area is 720 Å². The van der Waals surface area contributed by atoms with E-state index in [1.807, 2.05) is 20.8 Å². The molecule has 0 saturated carbocycles. The van der Waals surface area contributed by atoms with E-state index in [2.05, 4.69) is 82.4 Å². The molecule has 40 nitrogen and oxygen atoms in total. The lowest BCUT2D eigenvalue weighted by molar-refractivity contribution is 0.0153. The number of nitrogens with one attached hydrogen (secondary N) is 7. The van der Waals surface area contributed by atoms with E-state index in [1.165, 1.54) is 60.0 Å². The summed E-state index contributed by atoms with van der Waals surface area (Å²) in [7, 11) is 4.43. The first-order valence-corrected chi connectivity index (χ1v) is 38.6. The van der Waals surface area contributed by atoms with Gasteiger partial charge in [-0.2, -0.15) is 15.3 Å². The molecule has 0 aliphatic carbocycles. The molecule has 0 aliphatic heterocycles. The predicted octanol–water partition coefficient (Wildman–Crippen LogP) is 9.98. The normalized spacial score (nSPS) is 11.2. The van der Waals surface area contributed by atoms with Crippen LogP contribution in [-0.2, 0) is 73.2 Å².